The minimum Gasteiger partial charge on any atom is -0.363 e. The summed E-state index contributed by atoms with van der Waals surface area (Å²) < 4.78 is 0. The van der Waals surface area contributed by atoms with Gasteiger partial charge in [-0.25, -0.2) is 4.99 Å². The first-order valence-electron chi connectivity index (χ1n) is 10.8. The van der Waals surface area contributed by atoms with Gasteiger partial charge in [0.05, 0.1) is 16.1 Å². The van der Waals surface area contributed by atoms with Gasteiger partial charge < -0.3 is 10.2 Å². The van der Waals surface area contributed by atoms with Crippen LogP contribution >= 0.6 is 23.4 Å². The zero-order chi connectivity index (χ0) is 23.2. The highest BCUT2D eigenvalue weighted by molar-refractivity contribution is 8.18. The van der Waals surface area contributed by atoms with E-state index in [4.69, 9.17) is 11.6 Å². The van der Waals surface area contributed by atoms with Crippen molar-refractivity contribution in [2.75, 3.05) is 11.4 Å². The molecule has 0 aromatic heterocycles. The minimum atomic E-state index is -0.130. The Balaban J connectivity index is 1.69. The number of hydrogen-bond acceptors (Lipinski definition) is 4. The van der Waals surface area contributed by atoms with E-state index in [1.54, 1.807) is 0 Å². The first-order chi connectivity index (χ1) is 15.1. The Morgan fingerprint density at radius 3 is 2.69 bits per heavy atom. The number of amides is 1. The number of anilines is 1. The molecule has 1 saturated heterocycles. The number of nitrogens with zero attached hydrogens (tertiary/aromatic N) is 2. The lowest BCUT2D eigenvalue weighted by Gasteiger charge is -2.43. The number of aryl methyl sites for hydroxylation is 1. The summed E-state index contributed by atoms with van der Waals surface area (Å²) >= 11 is 7.56. The highest BCUT2D eigenvalue weighted by atomic mass is 35.5. The second kappa shape index (κ2) is 8.45. The topological polar surface area (TPSA) is 44.7 Å². The summed E-state index contributed by atoms with van der Waals surface area (Å²) in [4.78, 5) is 20.3. The molecule has 0 unspecified atom stereocenters. The molecule has 32 heavy (non-hydrogen) atoms. The molecule has 1 fully saturated rings. The predicted molar refractivity (Wildman–Crippen MR) is 139 cm³/mol. The third kappa shape index (κ3) is 4.12. The average molecular weight is 466 g/mol. The van der Waals surface area contributed by atoms with Crippen LogP contribution in [0.5, 0.6) is 0 Å². The fourth-order valence-corrected chi connectivity index (χ4v) is 5.42. The number of benzene rings is 2. The molecule has 4 nitrogen and oxygen atoms in total. The van der Waals surface area contributed by atoms with Crippen molar-refractivity contribution in [2.45, 2.75) is 47.1 Å². The molecule has 0 atom stereocenters. The molecule has 0 bridgehead atoms. The zero-order valence-electron chi connectivity index (χ0n) is 19.3. The van der Waals surface area contributed by atoms with Crippen molar-refractivity contribution in [3.05, 3.63) is 68.6 Å². The number of amidine groups is 1. The summed E-state index contributed by atoms with van der Waals surface area (Å²) in [6.07, 6.45) is 4.28. The predicted octanol–water partition coefficient (Wildman–Crippen LogP) is 6.87. The fraction of sp³-hybridized carbons (Fsp3) is 0.308. The Morgan fingerprint density at radius 1 is 1.22 bits per heavy atom. The quantitative estimate of drug-likeness (QED) is 0.503. The molecule has 1 N–H and O–H groups in total. The molecule has 2 aromatic carbocycles. The third-order valence-corrected chi connectivity index (χ3v) is 7.40. The number of hydrogen-bond donors (Lipinski definition) is 1. The van der Waals surface area contributed by atoms with Crippen LogP contribution in [0.2, 0.25) is 5.02 Å². The van der Waals surface area contributed by atoms with E-state index in [-0.39, 0.29) is 11.4 Å². The van der Waals surface area contributed by atoms with Gasteiger partial charge in [0.1, 0.15) is 0 Å². The van der Waals surface area contributed by atoms with Crippen molar-refractivity contribution < 1.29 is 4.79 Å². The number of carbonyl (C=O) groups excluding carboxylic acids is 1. The van der Waals surface area contributed by atoms with Crippen molar-refractivity contribution in [1.29, 1.82) is 0 Å². The van der Waals surface area contributed by atoms with Crippen LogP contribution in [0.1, 0.15) is 49.9 Å². The van der Waals surface area contributed by atoms with Gasteiger partial charge in [0.25, 0.3) is 5.91 Å². The molecule has 2 aromatic rings. The third-order valence-electron chi connectivity index (χ3n) is 6.08. The van der Waals surface area contributed by atoms with E-state index in [0.717, 1.165) is 28.9 Å². The molecule has 2 aliphatic rings. The fourth-order valence-electron chi connectivity index (χ4n) is 4.43. The van der Waals surface area contributed by atoms with Crippen molar-refractivity contribution in [3.8, 4) is 0 Å². The van der Waals surface area contributed by atoms with Crippen molar-refractivity contribution in [3.63, 3.8) is 0 Å². The summed E-state index contributed by atoms with van der Waals surface area (Å²) in [7, 11) is 0. The van der Waals surface area contributed by atoms with Gasteiger partial charge in [0.2, 0.25) is 0 Å². The monoisotopic (exact) mass is 465 g/mol. The van der Waals surface area contributed by atoms with Gasteiger partial charge in [-0.3, -0.25) is 4.79 Å². The molecular formula is C26H28ClN3OS. The molecular weight excluding hydrogens is 438 g/mol. The smallest absolute Gasteiger partial charge is 0.264 e. The second-order valence-corrected chi connectivity index (χ2v) is 10.3. The highest BCUT2D eigenvalue weighted by Crippen LogP contribution is 2.41. The van der Waals surface area contributed by atoms with E-state index in [1.165, 1.54) is 28.6 Å². The summed E-state index contributed by atoms with van der Waals surface area (Å²) in [5, 5.41) is 4.11. The number of thioether (sulfide) groups is 1. The number of likely N-dealkylation sites (N-methyl/N-ethyl adjacent to an activating group) is 1. The van der Waals surface area contributed by atoms with Crippen LogP contribution in [0, 0.1) is 13.8 Å². The Labute approximate surface area is 199 Å². The Hall–Kier alpha value is -2.50. The number of aliphatic imine (C=N–C) groups is 1. The normalized spacial score (nSPS) is 19.9. The number of halogens is 1. The number of rotatable bonds is 3. The lowest BCUT2D eigenvalue weighted by atomic mass is 9.87. The Bertz CT molecular complexity index is 1210. The molecule has 0 saturated carbocycles. The first-order valence-corrected chi connectivity index (χ1v) is 12.0. The average Bonchev–Trinajstić information content (AvgIpc) is 3.05. The second-order valence-electron chi connectivity index (χ2n) is 8.82. The van der Waals surface area contributed by atoms with E-state index < -0.39 is 0 Å². The molecule has 0 spiro atoms. The maximum absolute atomic E-state index is 12.7. The number of carbonyl (C=O) groups is 1. The maximum Gasteiger partial charge on any atom is 0.264 e. The van der Waals surface area contributed by atoms with E-state index in [2.05, 4.69) is 68.0 Å². The number of fused-ring (bicyclic) bond motifs is 1. The molecule has 0 aliphatic carbocycles. The van der Waals surface area contributed by atoms with Gasteiger partial charge in [-0.15, -0.1) is 0 Å². The lowest BCUT2D eigenvalue weighted by molar-refractivity contribution is -0.115. The van der Waals surface area contributed by atoms with Gasteiger partial charge in [0.15, 0.2) is 5.17 Å². The largest absolute Gasteiger partial charge is 0.363 e. The Kier molecular flexibility index (Phi) is 5.99. The van der Waals surface area contributed by atoms with Gasteiger partial charge in [-0.05, 0) is 106 Å². The lowest BCUT2D eigenvalue weighted by Crippen LogP contribution is -2.44. The summed E-state index contributed by atoms with van der Waals surface area (Å²) in [5.41, 5.74) is 7.55. The first kappa shape index (κ1) is 22.7. The molecule has 2 aliphatic heterocycles. The zero-order valence-corrected chi connectivity index (χ0v) is 20.9. The Morgan fingerprint density at radius 2 is 1.97 bits per heavy atom. The minimum absolute atomic E-state index is 0.0245. The van der Waals surface area contributed by atoms with Crippen LogP contribution < -0.4 is 10.2 Å². The number of nitrogens with one attached hydrogen (secondary N) is 1. The van der Waals surface area contributed by atoms with Crippen LogP contribution in [-0.2, 0) is 4.79 Å². The van der Waals surface area contributed by atoms with Crippen LogP contribution in [0.3, 0.4) is 0 Å². The maximum atomic E-state index is 12.7. The van der Waals surface area contributed by atoms with E-state index in [1.807, 2.05) is 31.2 Å². The summed E-state index contributed by atoms with van der Waals surface area (Å²) in [6, 6.07) is 10.0. The molecule has 0 radical (unpaired) electrons. The van der Waals surface area contributed by atoms with Crippen molar-refractivity contribution in [1.82, 2.24) is 5.32 Å². The highest BCUT2D eigenvalue weighted by Gasteiger charge is 2.31. The van der Waals surface area contributed by atoms with Crippen LogP contribution in [0.15, 0.2) is 46.3 Å². The van der Waals surface area contributed by atoms with E-state index in [0.29, 0.717) is 15.1 Å². The van der Waals surface area contributed by atoms with Crippen molar-refractivity contribution in [2.24, 2.45) is 4.99 Å². The number of allylic oxidation sites excluding steroid dienone is 1. The van der Waals surface area contributed by atoms with Crippen LogP contribution in [-0.4, -0.2) is 23.2 Å². The van der Waals surface area contributed by atoms with Gasteiger partial charge >= 0.3 is 0 Å². The van der Waals surface area contributed by atoms with Crippen molar-refractivity contribution >= 4 is 57.5 Å². The standard InChI is InChI=1S/C26H28ClN3OS/c1-7-30-22-11-15(2)18(12-19(22)16(3)14-26(30,5)6)13-23-24(31)29-25(32-23)28-21-10-8-9-20(27)17(21)4/h8-14H,7H2,1-6H3,(H,28,29,31)/b23-13-. The van der Waals surface area contributed by atoms with Gasteiger partial charge in [0, 0.05) is 22.8 Å². The van der Waals surface area contributed by atoms with E-state index >= 15 is 0 Å². The molecule has 166 valence electrons. The van der Waals surface area contributed by atoms with Gasteiger partial charge in [-0.1, -0.05) is 23.7 Å². The van der Waals surface area contributed by atoms with Crippen LogP contribution in [0.4, 0.5) is 11.4 Å². The molecule has 6 heteroatoms. The summed E-state index contributed by atoms with van der Waals surface area (Å²) in [6.45, 7) is 13.8. The summed E-state index contributed by atoms with van der Waals surface area (Å²) in [5.74, 6) is -0.130. The van der Waals surface area contributed by atoms with E-state index in [9.17, 15) is 4.79 Å². The SMILES string of the molecule is CCN1c2cc(C)c(/C=C3\SC(=Nc4cccc(Cl)c4C)NC3=O)cc2C(C)=CC1(C)C. The molecule has 2 heterocycles. The molecule has 1 amide bonds. The van der Waals surface area contributed by atoms with Crippen LogP contribution in [0.25, 0.3) is 11.6 Å². The van der Waals surface area contributed by atoms with Gasteiger partial charge in [-0.2, -0.15) is 0 Å². The molecule has 4 rings (SSSR count).